The maximum Gasteiger partial charge on any atom is 0.264 e. The number of para-hydroxylation sites is 3. The van der Waals surface area contributed by atoms with Crippen molar-refractivity contribution < 1.29 is 9.21 Å². The van der Waals surface area contributed by atoms with Gasteiger partial charge in [-0.3, -0.25) is 14.2 Å². The molecule has 54 heavy (non-hydrogen) atoms. The lowest BCUT2D eigenvalue weighted by Crippen LogP contribution is -2.42. The molecule has 1 unspecified atom stereocenters. The molecular formula is C49H27NO3S. The van der Waals surface area contributed by atoms with Crippen molar-refractivity contribution in [3.63, 3.8) is 0 Å². The minimum Gasteiger partial charge on any atom is -0.455 e. The van der Waals surface area contributed by atoms with E-state index < -0.39 is 5.41 Å². The molecule has 0 amide bonds. The highest BCUT2D eigenvalue weighted by atomic mass is 32.1. The molecule has 1 aliphatic heterocycles. The Bertz CT molecular complexity index is 3330. The number of hydrogen-bond acceptors (Lipinski definition) is 4. The van der Waals surface area contributed by atoms with Gasteiger partial charge in [-0.2, -0.15) is 0 Å². The number of fused-ring (bicyclic) bond motifs is 13. The molecule has 0 saturated heterocycles. The lowest BCUT2D eigenvalue weighted by molar-refractivity contribution is 0.103. The molecule has 252 valence electrons. The van der Waals surface area contributed by atoms with Crippen LogP contribution in [0.25, 0.3) is 70.9 Å². The minimum atomic E-state index is -0.950. The molecule has 0 fully saturated rings. The summed E-state index contributed by atoms with van der Waals surface area (Å²) in [7, 11) is 0. The van der Waals surface area contributed by atoms with E-state index in [0.29, 0.717) is 16.5 Å². The van der Waals surface area contributed by atoms with Crippen molar-refractivity contribution in [2.24, 2.45) is 0 Å². The second-order valence-corrected chi connectivity index (χ2v) is 15.2. The highest BCUT2D eigenvalue weighted by Gasteiger charge is 2.51. The molecule has 1 aliphatic carbocycles. The fourth-order valence-corrected chi connectivity index (χ4v) is 10.4. The van der Waals surface area contributed by atoms with Gasteiger partial charge in [-0.15, -0.1) is 11.3 Å². The Morgan fingerprint density at radius 2 is 1.20 bits per heavy atom. The normalized spacial score (nSPS) is 15.6. The minimum absolute atomic E-state index is 0.000525. The summed E-state index contributed by atoms with van der Waals surface area (Å²) in [5.41, 5.74) is 11.4. The number of carbonyl (C=O) groups excluding carboxylic acids is 1. The van der Waals surface area contributed by atoms with Crippen LogP contribution >= 0.6 is 11.3 Å². The number of hydrogen-bond donors (Lipinski definition) is 0. The number of ketones is 1. The Hall–Kier alpha value is -6.82. The molecule has 0 radical (unpaired) electrons. The standard InChI is InChI=1S/C49H27NO3S/c51-45-34-13-4-6-17-38(34)49(40-26-29(20-22-35(40)45)28-10-2-1-3-11-28)39-18-9-16-36-44(39)50(48(52)37-24-25-54-47(36)37)42-23-21-30(27-41(42)49)31-14-8-15-33-32-12-5-7-19-43(32)53-46(31)33/h1-27H. The summed E-state index contributed by atoms with van der Waals surface area (Å²) >= 11 is 1.60. The number of nitrogens with zero attached hydrogens (tertiary/aromatic N) is 1. The zero-order valence-corrected chi connectivity index (χ0v) is 29.5. The number of pyridine rings is 1. The van der Waals surface area contributed by atoms with Crippen LogP contribution in [0, 0.1) is 0 Å². The molecule has 5 heteroatoms. The number of benzene rings is 7. The van der Waals surface area contributed by atoms with Gasteiger partial charge in [0.1, 0.15) is 11.2 Å². The summed E-state index contributed by atoms with van der Waals surface area (Å²) in [4.78, 5) is 29.4. The molecule has 10 aromatic rings. The van der Waals surface area contributed by atoms with Crippen molar-refractivity contribution in [1.29, 1.82) is 0 Å². The highest BCUT2D eigenvalue weighted by Crippen LogP contribution is 2.57. The monoisotopic (exact) mass is 709 g/mol. The maximum absolute atomic E-state index is 14.8. The highest BCUT2D eigenvalue weighted by molar-refractivity contribution is 7.18. The zero-order chi connectivity index (χ0) is 35.7. The predicted molar refractivity (Wildman–Crippen MR) is 218 cm³/mol. The Labute approximate surface area is 312 Å². The Kier molecular flexibility index (Phi) is 5.85. The van der Waals surface area contributed by atoms with E-state index in [1.165, 1.54) is 0 Å². The number of furan rings is 1. The number of carbonyl (C=O) groups is 1. The largest absolute Gasteiger partial charge is 0.455 e. The van der Waals surface area contributed by atoms with Crippen LogP contribution in [0.2, 0.25) is 0 Å². The molecular weight excluding hydrogens is 683 g/mol. The van der Waals surface area contributed by atoms with Crippen LogP contribution in [0.1, 0.15) is 38.2 Å². The lowest BCUT2D eigenvalue weighted by atomic mass is 9.57. The van der Waals surface area contributed by atoms with Gasteiger partial charge in [-0.05, 0) is 74.7 Å². The van der Waals surface area contributed by atoms with Gasteiger partial charge < -0.3 is 4.42 Å². The summed E-state index contributed by atoms with van der Waals surface area (Å²) in [6.07, 6.45) is 0. The van der Waals surface area contributed by atoms with Crippen molar-refractivity contribution in [2.45, 2.75) is 5.41 Å². The summed E-state index contributed by atoms with van der Waals surface area (Å²) < 4.78 is 9.47. The van der Waals surface area contributed by atoms with Crippen LogP contribution in [0.15, 0.2) is 172 Å². The van der Waals surface area contributed by atoms with Crippen molar-refractivity contribution in [3.05, 3.63) is 207 Å². The van der Waals surface area contributed by atoms with E-state index in [9.17, 15) is 9.59 Å². The van der Waals surface area contributed by atoms with Crippen molar-refractivity contribution >= 4 is 60.0 Å². The third-order valence-corrected chi connectivity index (χ3v) is 12.7. The molecule has 0 N–H and O–H groups in total. The SMILES string of the molecule is O=C1c2ccccc2C2(c3cc(-c4ccccc4)ccc31)c1cc(-c3cccc4c3oc3ccccc34)ccc1-n1c(=O)c3ccsc3c3cccc2c31. The molecule has 7 aromatic carbocycles. The molecule has 0 saturated carbocycles. The van der Waals surface area contributed by atoms with Gasteiger partial charge in [0.05, 0.1) is 22.0 Å². The Morgan fingerprint density at radius 3 is 2.13 bits per heavy atom. The first-order chi connectivity index (χ1) is 26.6. The van der Waals surface area contributed by atoms with E-state index in [0.717, 1.165) is 87.7 Å². The first kappa shape index (κ1) is 29.7. The topological polar surface area (TPSA) is 52.2 Å². The van der Waals surface area contributed by atoms with Crippen molar-refractivity contribution in [1.82, 2.24) is 4.57 Å². The quantitative estimate of drug-likeness (QED) is 0.180. The maximum atomic E-state index is 14.8. The molecule has 1 atom stereocenters. The summed E-state index contributed by atoms with van der Waals surface area (Å²) in [5, 5.41) is 5.84. The predicted octanol–water partition coefficient (Wildman–Crippen LogP) is 11.7. The average Bonchev–Trinajstić information content (AvgIpc) is 3.88. The summed E-state index contributed by atoms with van der Waals surface area (Å²) in [6, 6.07) is 53.9. The number of rotatable bonds is 2. The zero-order valence-electron chi connectivity index (χ0n) is 28.7. The van der Waals surface area contributed by atoms with E-state index in [1.807, 2.05) is 76.7 Å². The third-order valence-electron chi connectivity index (χ3n) is 11.7. The summed E-state index contributed by atoms with van der Waals surface area (Å²) in [6.45, 7) is 0. The van der Waals surface area contributed by atoms with Crippen LogP contribution in [0.4, 0.5) is 0 Å². The molecule has 4 nitrogen and oxygen atoms in total. The van der Waals surface area contributed by atoms with Gasteiger partial charge in [0.15, 0.2) is 5.78 Å². The van der Waals surface area contributed by atoms with Gasteiger partial charge in [0.2, 0.25) is 0 Å². The van der Waals surface area contributed by atoms with Crippen LogP contribution in [-0.2, 0) is 5.41 Å². The lowest BCUT2D eigenvalue weighted by Gasteiger charge is -2.46. The van der Waals surface area contributed by atoms with Crippen LogP contribution in [0.5, 0.6) is 0 Å². The van der Waals surface area contributed by atoms with Crippen LogP contribution < -0.4 is 5.56 Å². The second-order valence-electron chi connectivity index (χ2n) is 14.3. The van der Waals surface area contributed by atoms with Crippen molar-refractivity contribution in [2.75, 3.05) is 0 Å². The van der Waals surface area contributed by atoms with Crippen LogP contribution in [-0.4, -0.2) is 10.4 Å². The van der Waals surface area contributed by atoms with E-state index in [1.54, 1.807) is 11.3 Å². The molecule has 2 aliphatic rings. The second kappa shape index (κ2) is 10.6. The molecule has 1 spiro atoms. The smallest absolute Gasteiger partial charge is 0.264 e. The van der Waals surface area contributed by atoms with Crippen molar-refractivity contribution in [3.8, 4) is 27.9 Å². The number of thiophene rings is 1. The fourth-order valence-electron chi connectivity index (χ4n) is 9.47. The first-order valence-electron chi connectivity index (χ1n) is 18.1. The van der Waals surface area contributed by atoms with Gasteiger partial charge in [-0.1, -0.05) is 127 Å². The number of aromatic nitrogens is 1. The fraction of sp³-hybridized carbons (Fsp3) is 0.0204. The van der Waals surface area contributed by atoms with E-state index >= 15 is 0 Å². The first-order valence-corrected chi connectivity index (χ1v) is 19.0. The Morgan fingerprint density at radius 1 is 0.500 bits per heavy atom. The van der Waals surface area contributed by atoms with E-state index in [2.05, 4.69) is 91.0 Å². The van der Waals surface area contributed by atoms with E-state index in [4.69, 9.17) is 4.42 Å². The van der Waals surface area contributed by atoms with Crippen LogP contribution in [0.3, 0.4) is 0 Å². The van der Waals surface area contributed by atoms with Gasteiger partial charge in [0.25, 0.3) is 5.56 Å². The average molecular weight is 710 g/mol. The van der Waals surface area contributed by atoms with E-state index in [-0.39, 0.29) is 11.3 Å². The third kappa shape index (κ3) is 3.66. The van der Waals surface area contributed by atoms with Gasteiger partial charge >= 0.3 is 0 Å². The van der Waals surface area contributed by atoms with Gasteiger partial charge in [-0.25, -0.2) is 0 Å². The molecule has 12 rings (SSSR count). The summed E-state index contributed by atoms with van der Waals surface area (Å²) in [5.74, 6) is -0.000525. The Balaban J connectivity index is 1.29. The van der Waals surface area contributed by atoms with Gasteiger partial charge in [0, 0.05) is 37.5 Å². The molecule has 0 bridgehead atoms. The molecule has 3 aromatic heterocycles. The molecule has 4 heterocycles.